The molecule has 0 fully saturated rings. The Morgan fingerprint density at radius 2 is 0.929 bits per heavy atom. The van der Waals surface area contributed by atoms with Crippen molar-refractivity contribution in [3.8, 4) is 0 Å². The second-order valence-electron chi connectivity index (χ2n) is 2.99. The largest absolute Gasteiger partial charge is 0.481 e. The lowest BCUT2D eigenvalue weighted by molar-refractivity contribution is -0.141. The van der Waals surface area contributed by atoms with Gasteiger partial charge in [0.05, 0.1) is 11.8 Å². The van der Waals surface area contributed by atoms with Crippen LogP contribution in [0.1, 0.15) is 27.7 Å². The predicted molar refractivity (Wildman–Crippen MR) is 52.1 cm³/mol. The van der Waals surface area contributed by atoms with E-state index in [9.17, 15) is 9.59 Å². The first-order chi connectivity index (χ1) is 6.29. The van der Waals surface area contributed by atoms with E-state index in [0.29, 0.717) is 0 Å². The van der Waals surface area contributed by atoms with E-state index in [1.165, 1.54) is 0 Å². The average molecular weight is 206 g/mol. The molecule has 0 saturated heterocycles. The first kappa shape index (κ1) is 18.4. The lowest BCUT2D eigenvalue weighted by Gasteiger charge is -1.89. The van der Waals surface area contributed by atoms with Gasteiger partial charge in [-0.15, -0.1) is 0 Å². The lowest BCUT2D eigenvalue weighted by Crippen LogP contribution is -2.03. The first-order valence-corrected chi connectivity index (χ1v) is 4.03. The Bertz CT molecular complexity index is 145. The molecule has 0 atom stereocenters. The van der Waals surface area contributed by atoms with Crippen LogP contribution in [-0.2, 0) is 14.4 Å². The zero-order chi connectivity index (χ0) is 12.3. The summed E-state index contributed by atoms with van der Waals surface area (Å²) < 4.78 is 0. The van der Waals surface area contributed by atoms with Crippen molar-refractivity contribution in [1.29, 1.82) is 0 Å². The minimum atomic E-state index is -0.741. The zero-order valence-electron chi connectivity index (χ0n) is 8.98. The third-order valence-electron chi connectivity index (χ3n) is 0.988. The standard InChI is InChI=1S/2C4H8O2.CH2O/c2*1-3(2)4(5)6;1-2/h2*3H,1-2H3,(H,5,6);1H2. The molecule has 0 radical (unpaired) electrons. The fourth-order valence-corrected chi connectivity index (χ4v) is 0. The van der Waals surface area contributed by atoms with Crippen LogP contribution in [0.2, 0.25) is 0 Å². The van der Waals surface area contributed by atoms with Gasteiger partial charge in [-0.3, -0.25) is 9.59 Å². The number of hydrogen-bond donors (Lipinski definition) is 2. The summed E-state index contributed by atoms with van der Waals surface area (Å²) in [5.74, 6) is -1.94. The highest BCUT2D eigenvalue weighted by atomic mass is 16.4. The molecule has 0 heterocycles. The second kappa shape index (κ2) is 11.6. The van der Waals surface area contributed by atoms with Crippen molar-refractivity contribution in [1.82, 2.24) is 0 Å². The monoisotopic (exact) mass is 206 g/mol. The molecule has 14 heavy (non-hydrogen) atoms. The Labute approximate surface area is 83.7 Å². The van der Waals surface area contributed by atoms with Crippen molar-refractivity contribution in [3.63, 3.8) is 0 Å². The van der Waals surface area contributed by atoms with E-state index in [0.717, 1.165) is 0 Å². The molecule has 5 heteroatoms. The molecular weight excluding hydrogens is 188 g/mol. The van der Waals surface area contributed by atoms with Crippen LogP contribution in [-0.4, -0.2) is 28.9 Å². The summed E-state index contributed by atoms with van der Waals surface area (Å²) in [5.41, 5.74) is 0. The van der Waals surface area contributed by atoms with E-state index in [2.05, 4.69) is 0 Å². The summed E-state index contributed by atoms with van der Waals surface area (Å²) >= 11 is 0. The number of carboxylic acid groups (broad SMARTS) is 2. The molecule has 0 bridgehead atoms. The van der Waals surface area contributed by atoms with Crippen molar-refractivity contribution in [2.24, 2.45) is 11.8 Å². The minimum Gasteiger partial charge on any atom is -0.481 e. The maximum absolute atomic E-state index is 9.70. The van der Waals surface area contributed by atoms with E-state index < -0.39 is 11.9 Å². The Morgan fingerprint density at radius 1 is 0.857 bits per heavy atom. The number of carbonyl (C=O) groups excluding carboxylic acids is 1. The topological polar surface area (TPSA) is 91.7 Å². The van der Waals surface area contributed by atoms with Gasteiger partial charge in [-0.1, -0.05) is 27.7 Å². The molecule has 0 rings (SSSR count). The van der Waals surface area contributed by atoms with Gasteiger partial charge in [-0.05, 0) is 0 Å². The number of rotatable bonds is 2. The highest BCUT2D eigenvalue weighted by molar-refractivity contribution is 5.69. The lowest BCUT2D eigenvalue weighted by atomic mass is 10.2. The molecule has 0 aliphatic heterocycles. The van der Waals surface area contributed by atoms with Crippen LogP contribution in [0.25, 0.3) is 0 Å². The van der Waals surface area contributed by atoms with Crippen LogP contribution < -0.4 is 0 Å². The molecule has 0 aromatic heterocycles. The van der Waals surface area contributed by atoms with Crippen LogP contribution >= 0.6 is 0 Å². The predicted octanol–water partition coefficient (Wildman–Crippen LogP) is 1.27. The molecule has 5 nitrogen and oxygen atoms in total. The SMILES string of the molecule is C=O.CC(C)C(=O)O.CC(C)C(=O)O. The average Bonchev–Trinajstić information content (AvgIpc) is 2.08. The Kier molecular flexibility index (Phi) is 15.3. The van der Waals surface area contributed by atoms with Gasteiger partial charge in [-0.2, -0.15) is 0 Å². The highest BCUT2D eigenvalue weighted by Crippen LogP contribution is 1.87. The zero-order valence-corrected chi connectivity index (χ0v) is 8.98. The van der Waals surface area contributed by atoms with Crippen molar-refractivity contribution < 1.29 is 24.6 Å². The van der Waals surface area contributed by atoms with Crippen molar-refractivity contribution in [3.05, 3.63) is 0 Å². The van der Waals surface area contributed by atoms with E-state index in [1.807, 2.05) is 6.79 Å². The molecule has 0 aromatic carbocycles. The summed E-state index contributed by atoms with van der Waals surface area (Å²) in [6.45, 7) is 8.56. The molecule has 2 N–H and O–H groups in total. The Hall–Kier alpha value is -1.39. The summed E-state index contributed by atoms with van der Waals surface area (Å²) in [5, 5.41) is 16.0. The molecule has 0 aliphatic carbocycles. The van der Waals surface area contributed by atoms with E-state index in [1.54, 1.807) is 27.7 Å². The molecule has 0 unspecified atom stereocenters. The van der Waals surface area contributed by atoms with Gasteiger partial charge in [0.1, 0.15) is 6.79 Å². The van der Waals surface area contributed by atoms with E-state index in [4.69, 9.17) is 15.0 Å². The van der Waals surface area contributed by atoms with Gasteiger partial charge < -0.3 is 15.0 Å². The second-order valence-corrected chi connectivity index (χ2v) is 2.99. The van der Waals surface area contributed by atoms with Crippen molar-refractivity contribution in [2.45, 2.75) is 27.7 Å². The molecule has 0 aromatic rings. The third-order valence-corrected chi connectivity index (χ3v) is 0.988. The van der Waals surface area contributed by atoms with Gasteiger partial charge >= 0.3 is 11.9 Å². The van der Waals surface area contributed by atoms with Gasteiger partial charge in [0.2, 0.25) is 0 Å². The smallest absolute Gasteiger partial charge is 0.305 e. The van der Waals surface area contributed by atoms with Gasteiger partial charge in [0, 0.05) is 0 Å². The summed E-state index contributed by atoms with van der Waals surface area (Å²) in [4.78, 5) is 27.4. The first-order valence-electron chi connectivity index (χ1n) is 4.03. The quantitative estimate of drug-likeness (QED) is 0.709. The van der Waals surface area contributed by atoms with Gasteiger partial charge in [-0.25, -0.2) is 0 Å². The number of aliphatic carboxylic acids is 2. The molecule has 0 amide bonds. The maximum atomic E-state index is 9.70. The molecule has 84 valence electrons. The fourth-order valence-electron chi connectivity index (χ4n) is 0. The van der Waals surface area contributed by atoms with Crippen LogP contribution in [0.15, 0.2) is 0 Å². The Balaban J connectivity index is -0.000000147. The number of carbonyl (C=O) groups is 3. The minimum absolute atomic E-state index is 0.231. The van der Waals surface area contributed by atoms with Crippen molar-refractivity contribution in [2.75, 3.05) is 0 Å². The molecule has 0 spiro atoms. The van der Waals surface area contributed by atoms with Crippen LogP contribution in [0.4, 0.5) is 0 Å². The third kappa shape index (κ3) is 22.4. The fraction of sp³-hybridized carbons (Fsp3) is 0.667. The van der Waals surface area contributed by atoms with Gasteiger partial charge in [0.15, 0.2) is 0 Å². The molecular formula is C9H18O5. The maximum Gasteiger partial charge on any atom is 0.305 e. The highest BCUT2D eigenvalue weighted by Gasteiger charge is 1.99. The van der Waals surface area contributed by atoms with E-state index >= 15 is 0 Å². The summed E-state index contributed by atoms with van der Waals surface area (Å²) in [7, 11) is 0. The van der Waals surface area contributed by atoms with Gasteiger partial charge in [0.25, 0.3) is 0 Å². The van der Waals surface area contributed by atoms with E-state index in [-0.39, 0.29) is 11.8 Å². The van der Waals surface area contributed by atoms with Crippen molar-refractivity contribution >= 4 is 18.7 Å². The summed E-state index contributed by atoms with van der Waals surface area (Å²) in [6.07, 6.45) is 0. The van der Waals surface area contributed by atoms with Crippen LogP contribution in [0.3, 0.4) is 0 Å². The normalized spacial score (nSPS) is 8.14. The molecule has 0 saturated carbocycles. The molecule has 0 aliphatic rings. The summed E-state index contributed by atoms with van der Waals surface area (Å²) in [6, 6.07) is 0. The number of carboxylic acids is 2. The Morgan fingerprint density at radius 3 is 0.929 bits per heavy atom. The van der Waals surface area contributed by atoms with Crippen LogP contribution in [0.5, 0.6) is 0 Å². The number of hydrogen-bond acceptors (Lipinski definition) is 3. The van der Waals surface area contributed by atoms with Crippen LogP contribution in [0, 0.1) is 11.8 Å².